The van der Waals surface area contributed by atoms with Gasteiger partial charge >= 0.3 is 5.69 Å². The summed E-state index contributed by atoms with van der Waals surface area (Å²) in [4.78, 5) is 10.5. The molecule has 0 radical (unpaired) electrons. The van der Waals surface area contributed by atoms with Crippen molar-refractivity contribution >= 4 is 5.69 Å². The van der Waals surface area contributed by atoms with Crippen LogP contribution in [0.4, 0.5) is 5.69 Å². The summed E-state index contributed by atoms with van der Waals surface area (Å²) in [5.74, 6) is 1.07. The lowest BCUT2D eigenvalue weighted by molar-refractivity contribution is -0.385. The van der Waals surface area contributed by atoms with Gasteiger partial charge in [-0.05, 0) is 29.3 Å². The Hall–Kier alpha value is -2.60. The van der Waals surface area contributed by atoms with E-state index in [2.05, 4.69) is 5.32 Å². The molecule has 2 rings (SSSR count). The van der Waals surface area contributed by atoms with E-state index in [9.17, 15) is 10.1 Å². The van der Waals surface area contributed by atoms with Crippen LogP contribution in [0, 0.1) is 10.1 Å². The van der Waals surface area contributed by atoms with Crippen molar-refractivity contribution in [1.29, 1.82) is 0 Å². The second kappa shape index (κ2) is 7.42. The molecule has 0 aliphatic rings. The third kappa shape index (κ3) is 3.95. The number of benzene rings is 2. The number of hydrogen-bond acceptors (Lipinski definition) is 5. The first kappa shape index (κ1) is 15.8. The van der Waals surface area contributed by atoms with Gasteiger partial charge < -0.3 is 14.8 Å². The van der Waals surface area contributed by atoms with Crippen molar-refractivity contribution in [3.63, 3.8) is 0 Å². The summed E-state index contributed by atoms with van der Waals surface area (Å²) in [6, 6.07) is 12.7. The zero-order valence-corrected chi connectivity index (χ0v) is 12.5. The van der Waals surface area contributed by atoms with Crippen molar-refractivity contribution in [3.8, 4) is 11.5 Å². The molecule has 0 saturated carbocycles. The molecular formula is C16H18N2O4. The summed E-state index contributed by atoms with van der Waals surface area (Å²) >= 11 is 0. The summed E-state index contributed by atoms with van der Waals surface area (Å²) in [7, 11) is 3.05. The third-order valence-electron chi connectivity index (χ3n) is 3.23. The molecule has 0 heterocycles. The van der Waals surface area contributed by atoms with Gasteiger partial charge in [-0.2, -0.15) is 0 Å². The number of ether oxygens (including phenoxy) is 2. The van der Waals surface area contributed by atoms with Gasteiger partial charge in [0.25, 0.3) is 0 Å². The Balaban J connectivity index is 1.99. The monoisotopic (exact) mass is 302 g/mol. The van der Waals surface area contributed by atoms with Gasteiger partial charge in [0.2, 0.25) is 0 Å². The first-order chi connectivity index (χ1) is 10.6. The van der Waals surface area contributed by atoms with Crippen LogP contribution in [0.1, 0.15) is 11.1 Å². The molecule has 1 N–H and O–H groups in total. The minimum atomic E-state index is -0.440. The molecular weight excluding hydrogens is 284 g/mol. The normalized spacial score (nSPS) is 10.3. The molecule has 0 unspecified atom stereocenters. The zero-order chi connectivity index (χ0) is 15.9. The number of hydrogen-bond donors (Lipinski definition) is 1. The third-order valence-corrected chi connectivity index (χ3v) is 3.23. The van der Waals surface area contributed by atoms with E-state index >= 15 is 0 Å². The molecule has 0 saturated heterocycles. The molecule has 0 atom stereocenters. The zero-order valence-electron chi connectivity index (χ0n) is 12.5. The van der Waals surface area contributed by atoms with Crippen LogP contribution in [0.5, 0.6) is 11.5 Å². The predicted molar refractivity (Wildman–Crippen MR) is 83.2 cm³/mol. The standard InChI is InChI=1S/C16H18N2O4/c1-21-14-5-3-4-12(8-14)10-17-11-13-6-7-16(22-2)15(9-13)18(19)20/h3-9,17H,10-11H2,1-2H3. The Morgan fingerprint density at radius 3 is 2.41 bits per heavy atom. The maximum atomic E-state index is 11.0. The highest BCUT2D eigenvalue weighted by atomic mass is 16.6. The Morgan fingerprint density at radius 2 is 1.77 bits per heavy atom. The molecule has 22 heavy (non-hydrogen) atoms. The van der Waals surface area contributed by atoms with Crippen molar-refractivity contribution in [2.45, 2.75) is 13.1 Å². The number of nitrogens with zero attached hydrogens (tertiary/aromatic N) is 1. The minimum Gasteiger partial charge on any atom is -0.497 e. The Kier molecular flexibility index (Phi) is 5.32. The number of rotatable bonds is 7. The molecule has 116 valence electrons. The molecule has 0 aliphatic carbocycles. The average molecular weight is 302 g/mol. The van der Waals surface area contributed by atoms with Gasteiger partial charge in [-0.3, -0.25) is 10.1 Å². The number of nitrogens with one attached hydrogen (secondary N) is 1. The van der Waals surface area contributed by atoms with Crippen LogP contribution in [0.2, 0.25) is 0 Å². The molecule has 0 amide bonds. The first-order valence-electron chi connectivity index (χ1n) is 6.79. The van der Waals surface area contributed by atoms with Crippen LogP contribution in [0.3, 0.4) is 0 Å². The summed E-state index contributed by atoms with van der Waals surface area (Å²) in [6.45, 7) is 1.18. The Morgan fingerprint density at radius 1 is 1.05 bits per heavy atom. The molecule has 0 spiro atoms. The van der Waals surface area contributed by atoms with Crippen LogP contribution < -0.4 is 14.8 Å². The molecule has 6 nitrogen and oxygen atoms in total. The lowest BCUT2D eigenvalue weighted by Crippen LogP contribution is -2.13. The fraction of sp³-hybridized carbons (Fsp3) is 0.250. The van der Waals surface area contributed by atoms with E-state index in [1.54, 1.807) is 13.2 Å². The van der Waals surface area contributed by atoms with Crippen molar-refractivity contribution in [1.82, 2.24) is 5.32 Å². The van der Waals surface area contributed by atoms with E-state index in [0.717, 1.165) is 16.9 Å². The van der Waals surface area contributed by atoms with Gasteiger partial charge in [-0.15, -0.1) is 0 Å². The highest BCUT2D eigenvalue weighted by Crippen LogP contribution is 2.27. The molecule has 2 aromatic rings. The smallest absolute Gasteiger partial charge is 0.311 e. The van der Waals surface area contributed by atoms with E-state index in [0.29, 0.717) is 13.1 Å². The van der Waals surface area contributed by atoms with Gasteiger partial charge in [0.1, 0.15) is 5.75 Å². The fourth-order valence-electron chi connectivity index (χ4n) is 2.12. The quantitative estimate of drug-likeness (QED) is 0.629. The van der Waals surface area contributed by atoms with Crippen molar-refractivity contribution in [2.24, 2.45) is 0 Å². The second-order valence-electron chi connectivity index (χ2n) is 4.72. The van der Waals surface area contributed by atoms with E-state index in [-0.39, 0.29) is 11.4 Å². The van der Waals surface area contributed by atoms with Crippen LogP contribution in [-0.2, 0) is 13.1 Å². The summed E-state index contributed by atoms with van der Waals surface area (Å²) < 4.78 is 10.2. The SMILES string of the molecule is COc1cccc(CNCc2ccc(OC)c([N+](=O)[O-])c2)c1. The minimum absolute atomic E-state index is 0.0248. The van der Waals surface area contributed by atoms with E-state index < -0.39 is 4.92 Å². The summed E-state index contributed by atoms with van der Waals surface area (Å²) in [5, 5.41) is 14.2. The maximum Gasteiger partial charge on any atom is 0.311 e. The number of nitro benzene ring substituents is 1. The van der Waals surface area contributed by atoms with Gasteiger partial charge in [0, 0.05) is 19.2 Å². The molecule has 0 fully saturated rings. The van der Waals surface area contributed by atoms with Crippen LogP contribution in [-0.4, -0.2) is 19.1 Å². The summed E-state index contributed by atoms with van der Waals surface area (Å²) in [5.41, 5.74) is 1.89. The molecule has 0 aromatic heterocycles. The van der Waals surface area contributed by atoms with E-state index in [1.165, 1.54) is 13.2 Å². The van der Waals surface area contributed by atoms with E-state index in [4.69, 9.17) is 9.47 Å². The first-order valence-corrected chi connectivity index (χ1v) is 6.79. The van der Waals surface area contributed by atoms with Crippen LogP contribution in [0.25, 0.3) is 0 Å². The number of methoxy groups -OCH3 is 2. The lowest BCUT2D eigenvalue weighted by Gasteiger charge is -2.08. The van der Waals surface area contributed by atoms with Crippen molar-refractivity contribution < 1.29 is 14.4 Å². The van der Waals surface area contributed by atoms with Gasteiger partial charge in [0.05, 0.1) is 19.1 Å². The van der Waals surface area contributed by atoms with E-state index in [1.807, 2.05) is 30.3 Å². The summed E-state index contributed by atoms with van der Waals surface area (Å²) in [6.07, 6.45) is 0. The van der Waals surface area contributed by atoms with Crippen molar-refractivity contribution in [2.75, 3.05) is 14.2 Å². The maximum absolute atomic E-state index is 11.0. The predicted octanol–water partition coefficient (Wildman–Crippen LogP) is 2.90. The second-order valence-corrected chi connectivity index (χ2v) is 4.72. The highest BCUT2D eigenvalue weighted by Gasteiger charge is 2.14. The van der Waals surface area contributed by atoms with Crippen LogP contribution in [0.15, 0.2) is 42.5 Å². The number of nitro groups is 1. The van der Waals surface area contributed by atoms with Gasteiger partial charge in [0.15, 0.2) is 5.75 Å². The largest absolute Gasteiger partial charge is 0.497 e. The highest BCUT2D eigenvalue weighted by molar-refractivity contribution is 5.48. The van der Waals surface area contributed by atoms with Crippen LogP contribution >= 0.6 is 0 Å². The molecule has 0 bridgehead atoms. The Bertz CT molecular complexity index is 658. The van der Waals surface area contributed by atoms with Gasteiger partial charge in [-0.1, -0.05) is 18.2 Å². The molecule has 0 aliphatic heterocycles. The fourth-order valence-corrected chi connectivity index (χ4v) is 2.12. The lowest BCUT2D eigenvalue weighted by atomic mass is 10.1. The molecule has 2 aromatic carbocycles. The van der Waals surface area contributed by atoms with Crippen molar-refractivity contribution in [3.05, 3.63) is 63.7 Å². The topological polar surface area (TPSA) is 73.6 Å². The molecule has 6 heteroatoms. The van der Waals surface area contributed by atoms with Gasteiger partial charge in [-0.25, -0.2) is 0 Å². The average Bonchev–Trinajstić information content (AvgIpc) is 2.55. The Labute approximate surface area is 128 Å².